The van der Waals surface area contributed by atoms with Crippen molar-refractivity contribution in [2.45, 2.75) is 20.8 Å². The summed E-state index contributed by atoms with van der Waals surface area (Å²) in [6, 6.07) is 16.8. The molecule has 132 valence electrons. The molecule has 5 heteroatoms. The molecule has 0 spiro atoms. The molecule has 0 aliphatic carbocycles. The molecule has 1 amide bonds. The molecule has 0 aliphatic rings. The lowest BCUT2D eigenvalue weighted by Gasteiger charge is -2.11. The highest BCUT2D eigenvalue weighted by molar-refractivity contribution is 6.31. The van der Waals surface area contributed by atoms with Gasteiger partial charge in [0.05, 0.1) is 5.69 Å². The van der Waals surface area contributed by atoms with Crippen molar-refractivity contribution in [2.75, 3.05) is 5.43 Å². The molecule has 1 aromatic heterocycles. The van der Waals surface area contributed by atoms with E-state index in [9.17, 15) is 4.79 Å². The van der Waals surface area contributed by atoms with Crippen LogP contribution in [0.2, 0.25) is 5.02 Å². The summed E-state index contributed by atoms with van der Waals surface area (Å²) in [4.78, 5) is 17.0. The number of amides is 1. The number of nitrogens with one attached hydrogen (secondary N) is 1. The van der Waals surface area contributed by atoms with E-state index in [1.54, 1.807) is 23.0 Å². The Balaban J connectivity index is 1.85. The minimum absolute atomic E-state index is 0.151. The summed E-state index contributed by atoms with van der Waals surface area (Å²) in [6.45, 7) is 5.84. The molecule has 0 bridgehead atoms. The lowest BCUT2D eigenvalue weighted by molar-refractivity contribution is 0.101. The maximum Gasteiger partial charge on any atom is 0.270 e. The van der Waals surface area contributed by atoms with Gasteiger partial charge in [0.1, 0.15) is 0 Å². The molecule has 0 unspecified atom stereocenters. The van der Waals surface area contributed by atoms with E-state index in [0.29, 0.717) is 10.6 Å². The van der Waals surface area contributed by atoms with Gasteiger partial charge >= 0.3 is 0 Å². The second-order valence-corrected chi connectivity index (χ2v) is 6.52. The van der Waals surface area contributed by atoms with E-state index in [0.717, 1.165) is 28.2 Å². The number of aliphatic imine (C=N–C) groups is 1. The van der Waals surface area contributed by atoms with Gasteiger partial charge in [0.15, 0.2) is 0 Å². The standard InChI is InChI=1S/C21H20ClN3O/c1-14-12-18(13-23-20-11-7-10-19(22)15(20)2)16(3)25(14)24-21(26)17-8-5-4-6-9-17/h4-13H,1-3H3,(H,24,26). The molecule has 0 radical (unpaired) electrons. The van der Waals surface area contributed by atoms with E-state index in [1.807, 2.05) is 63.2 Å². The average Bonchev–Trinajstić information content (AvgIpc) is 2.91. The Morgan fingerprint density at radius 2 is 1.81 bits per heavy atom. The van der Waals surface area contributed by atoms with Crippen LogP contribution in [-0.2, 0) is 0 Å². The third-order valence-corrected chi connectivity index (χ3v) is 4.71. The number of carbonyl (C=O) groups excluding carboxylic acids is 1. The van der Waals surface area contributed by atoms with Crippen LogP contribution in [0.1, 0.15) is 32.9 Å². The third-order valence-electron chi connectivity index (χ3n) is 4.30. The molecule has 0 atom stereocenters. The van der Waals surface area contributed by atoms with Crippen LogP contribution in [0.3, 0.4) is 0 Å². The van der Waals surface area contributed by atoms with Crippen molar-refractivity contribution in [3.05, 3.63) is 87.7 Å². The summed E-state index contributed by atoms with van der Waals surface area (Å²) in [5, 5.41) is 0.695. The number of hydrogen-bond donors (Lipinski definition) is 1. The Bertz CT molecular complexity index is 974. The normalized spacial score (nSPS) is 11.1. The highest BCUT2D eigenvalue weighted by Crippen LogP contribution is 2.25. The number of hydrogen-bond acceptors (Lipinski definition) is 2. The van der Waals surface area contributed by atoms with Crippen molar-refractivity contribution in [3.63, 3.8) is 0 Å². The van der Waals surface area contributed by atoms with Crippen molar-refractivity contribution >= 4 is 29.4 Å². The summed E-state index contributed by atoms with van der Waals surface area (Å²) < 4.78 is 1.78. The predicted octanol–water partition coefficient (Wildman–Crippen LogP) is 5.20. The number of aromatic nitrogens is 1. The van der Waals surface area contributed by atoms with E-state index in [-0.39, 0.29) is 5.91 Å². The first-order chi connectivity index (χ1) is 12.5. The summed E-state index contributed by atoms with van der Waals surface area (Å²) in [5.41, 5.74) is 8.09. The third kappa shape index (κ3) is 3.70. The molecule has 2 aromatic carbocycles. The van der Waals surface area contributed by atoms with Crippen LogP contribution in [0, 0.1) is 20.8 Å². The van der Waals surface area contributed by atoms with Gasteiger partial charge in [-0.05, 0) is 56.7 Å². The molecule has 3 rings (SSSR count). The van der Waals surface area contributed by atoms with Crippen LogP contribution < -0.4 is 5.43 Å². The monoisotopic (exact) mass is 365 g/mol. The second-order valence-electron chi connectivity index (χ2n) is 6.11. The summed E-state index contributed by atoms with van der Waals surface area (Å²) in [6.07, 6.45) is 1.80. The van der Waals surface area contributed by atoms with Gasteiger partial charge in [-0.15, -0.1) is 0 Å². The zero-order valence-corrected chi connectivity index (χ0v) is 15.7. The highest BCUT2D eigenvalue weighted by Gasteiger charge is 2.11. The van der Waals surface area contributed by atoms with Crippen LogP contribution in [-0.4, -0.2) is 16.8 Å². The minimum Gasteiger partial charge on any atom is -0.267 e. The number of rotatable bonds is 4. The fourth-order valence-electron chi connectivity index (χ4n) is 2.72. The summed E-state index contributed by atoms with van der Waals surface area (Å²) in [7, 11) is 0. The van der Waals surface area contributed by atoms with Crippen molar-refractivity contribution in [1.29, 1.82) is 0 Å². The Morgan fingerprint density at radius 3 is 2.54 bits per heavy atom. The average molecular weight is 366 g/mol. The first-order valence-corrected chi connectivity index (χ1v) is 8.69. The first kappa shape index (κ1) is 18.0. The molecule has 3 aromatic rings. The van der Waals surface area contributed by atoms with Crippen LogP contribution in [0.25, 0.3) is 0 Å². The predicted molar refractivity (Wildman–Crippen MR) is 107 cm³/mol. The van der Waals surface area contributed by atoms with E-state index in [1.165, 1.54) is 0 Å². The van der Waals surface area contributed by atoms with Crippen molar-refractivity contribution in [3.8, 4) is 0 Å². The number of nitrogens with zero attached hydrogens (tertiary/aromatic N) is 2. The number of benzene rings is 2. The lowest BCUT2D eigenvalue weighted by Crippen LogP contribution is -2.24. The topological polar surface area (TPSA) is 46.4 Å². The van der Waals surface area contributed by atoms with Gasteiger partial charge in [0, 0.05) is 33.8 Å². The van der Waals surface area contributed by atoms with E-state index >= 15 is 0 Å². The molecule has 4 nitrogen and oxygen atoms in total. The van der Waals surface area contributed by atoms with Gasteiger partial charge in [-0.1, -0.05) is 35.9 Å². The van der Waals surface area contributed by atoms with Crippen LogP contribution in [0.5, 0.6) is 0 Å². The SMILES string of the molecule is Cc1c(Cl)cccc1N=Cc1cc(C)n(NC(=O)c2ccccc2)c1C. The largest absolute Gasteiger partial charge is 0.270 e. The van der Waals surface area contributed by atoms with Crippen molar-refractivity contribution in [1.82, 2.24) is 4.68 Å². The molecular formula is C21H20ClN3O. The molecule has 0 fully saturated rings. The van der Waals surface area contributed by atoms with Crippen LogP contribution >= 0.6 is 11.6 Å². The molecule has 1 N–H and O–H groups in total. The van der Waals surface area contributed by atoms with Gasteiger partial charge in [0.25, 0.3) is 5.91 Å². The summed E-state index contributed by atoms with van der Waals surface area (Å²) >= 11 is 6.15. The van der Waals surface area contributed by atoms with E-state index in [2.05, 4.69) is 10.4 Å². The Labute approximate surface area is 158 Å². The Morgan fingerprint density at radius 1 is 1.08 bits per heavy atom. The fraction of sp³-hybridized carbons (Fsp3) is 0.143. The zero-order valence-electron chi connectivity index (χ0n) is 15.0. The first-order valence-electron chi connectivity index (χ1n) is 8.32. The van der Waals surface area contributed by atoms with Gasteiger partial charge in [0.2, 0.25) is 0 Å². The second kappa shape index (κ2) is 7.58. The number of halogens is 1. The minimum atomic E-state index is -0.151. The zero-order chi connectivity index (χ0) is 18.7. The van der Waals surface area contributed by atoms with Gasteiger partial charge in [-0.25, -0.2) is 0 Å². The Hall–Kier alpha value is -2.85. The van der Waals surface area contributed by atoms with E-state index < -0.39 is 0 Å². The molecule has 1 heterocycles. The number of aryl methyl sites for hydroxylation is 1. The van der Waals surface area contributed by atoms with Crippen molar-refractivity contribution < 1.29 is 4.79 Å². The van der Waals surface area contributed by atoms with Crippen LogP contribution in [0.4, 0.5) is 5.69 Å². The maximum absolute atomic E-state index is 12.4. The van der Waals surface area contributed by atoms with Crippen LogP contribution in [0.15, 0.2) is 59.6 Å². The highest BCUT2D eigenvalue weighted by atomic mass is 35.5. The fourth-order valence-corrected chi connectivity index (χ4v) is 2.89. The van der Waals surface area contributed by atoms with Gasteiger partial charge in [-0.2, -0.15) is 0 Å². The van der Waals surface area contributed by atoms with Gasteiger partial charge < -0.3 is 0 Å². The van der Waals surface area contributed by atoms with E-state index in [4.69, 9.17) is 11.6 Å². The quantitative estimate of drug-likeness (QED) is 0.634. The summed E-state index contributed by atoms with van der Waals surface area (Å²) in [5.74, 6) is -0.151. The van der Waals surface area contributed by atoms with Gasteiger partial charge in [-0.3, -0.25) is 19.9 Å². The maximum atomic E-state index is 12.4. The molecule has 0 saturated heterocycles. The molecule has 0 aliphatic heterocycles. The smallest absolute Gasteiger partial charge is 0.267 e. The Kier molecular flexibility index (Phi) is 5.24. The van der Waals surface area contributed by atoms with Crippen molar-refractivity contribution in [2.24, 2.45) is 4.99 Å². The molecular weight excluding hydrogens is 346 g/mol. The molecule has 26 heavy (non-hydrogen) atoms. The molecule has 0 saturated carbocycles. The lowest BCUT2D eigenvalue weighted by atomic mass is 10.2. The number of carbonyl (C=O) groups is 1.